The van der Waals surface area contributed by atoms with E-state index >= 15 is 0 Å². The minimum atomic E-state index is -0.406. The molecule has 0 saturated carbocycles. The third-order valence-corrected chi connectivity index (χ3v) is 5.31. The van der Waals surface area contributed by atoms with Gasteiger partial charge in [0.15, 0.2) is 5.82 Å². The van der Waals surface area contributed by atoms with Gasteiger partial charge in [0.25, 0.3) is 11.5 Å². The first-order valence-corrected chi connectivity index (χ1v) is 9.11. The van der Waals surface area contributed by atoms with E-state index in [2.05, 4.69) is 26.7 Å². The van der Waals surface area contributed by atoms with E-state index in [0.717, 1.165) is 37.7 Å². The van der Waals surface area contributed by atoms with E-state index in [1.54, 1.807) is 4.90 Å². The fourth-order valence-corrected chi connectivity index (χ4v) is 3.88. The maximum atomic E-state index is 12.8. The van der Waals surface area contributed by atoms with Crippen molar-refractivity contribution in [2.75, 3.05) is 19.8 Å². The number of pyridine rings is 1. The molecule has 1 amide bonds. The van der Waals surface area contributed by atoms with Crippen LogP contribution in [0.2, 0.25) is 5.02 Å². The zero-order valence-corrected chi connectivity index (χ0v) is 15.2. The highest BCUT2D eigenvalue weighted by atomic mass is 35.5. The van der Waals surface area contributed by atoms with Crippen LogP contribution < -0.4 is 5.56 Å². The van der Waals surface area contributed by atoms with Gasteiger partial charge in [-0.25, -0.2) is 0 Å². The van der Waals surface area contributed by atoms with E-state index in [1.165, 1.54) is 12.3 Å². The zero-order chi connectivity index (χ0) is 18.3. The number of nitrogens with zero attached hydrogens (tertiary/aromatic N) is 4. The molecular formula is C17H20ClN5O3. The summed E-state index contributed by atoms with van der Waals surface area (Å²) in [5, 5.41) is 8.76. The molecule has 0 aliphatic carbocycles. The maximum absolute atomic E-state index is 12.8. The van der Waals surface area contributed by atoms with Crippen molar-refractivity contribution in [3.8, 4) is 0 Å². The summed E-state index contributed by atoms with van der Waals surface area (Å²) in [5.41, 5.74) is -0.0458. The number of aromatic amines is 1. The molecule has 9 heteroatoms. The van der Waals surface area contributed by atoms with Crippen molar-refractivity contribution < 1.29 is 9.53 Å². The minimum absolute atomic E-state index is 0.00544. The minimum Gasteiger partial charge on any atom is -0.381 e. The van der Waals surface area contributed by atoms with Crippen LogP contribution in [-0.2, 0) is 11.3 Å². The van der Waals surface area contributed by atoms with E-state index in [1.807, 2.05) is 0 Å². The van der Waals surface area contributed by atoms with Crippen molar-refractivity contribution in [3.05, 3.63) is 44.9 Å². The molecule has 26 heavy (non-hydrogen) atoms. The van der Waals surface area contributed by atoms with Crippen molar-refractivity contribution in [1.29, 1.82) is 0 Å². The number of hydrogen-bond acceptors (Lipinski definition) is 5. The summed E-state index contributed by atoms with van der Waals surface area (Å²) in [6, 6.07) is 1.48. The second-order valence-electron chi connectivity index (χ2n) is 6.83. The Hall–Kier alpha value is -2.19. The number of fused-ring (bicyclic) bond motifs is 1. The van der Waals surface area contributed by atoms with E-state index in [4.69, 9.17) is 16.3 Å². The fourth-order valence-electron chi connectivity index (χ4n) is 3.71. The summed E-state index contributed by atoms with van der Waals surface area (Å²) >= 11 is 5.84. The number of carbonyl (C=O) groups excluding carboxylic acids is 1. The topological polar surface area (TPSA) is 93.1 Å². The number of carbonyl (C=O) groups is 1. The van der Waals surface area contributed by atoms with Gasteiger partial charge >= 0.3 is 0 Å². The Labute approximate surface area is 155 Å². The van der Waals surface area contributed by atoms with Crippen LogP contribution in [0.25, 0.3) is 0 Å². The van der Waals surface area contributed by atoms with Crippen LogP contribution in [-0.4, -0.2) is 50.3 Å². The smallest absolute Gasteiger partial charge is 0.266 e. The number of H-pyrrole nitrogens is 1. The van der Waals surface area contributed by atoms with Gasteiger partial charge in [0.2, 0.25) is 0 Å². The van der Waals surface area contributed by atoms with Gasteiger partial charge in [-0.1, -0.05) is 11.6 Å². The predicted octanol–water partition coefficient (Wildman–Crippen LogP) is 1.73. The van der Waals surface area contributed by atoms with Gasteiger partial charge in [-0.05, 0) is 25.8 Å². The van der Waals surface area contributed by atoms with E-state index in [0.29, 0.717) is 24.6 Å². The molecule has 138 valence electrons. The molecule has 1 saturated heterocycles. The van der Waals surface area contributed by atoms with Gasteiger partial charge in [0.1, 0.15) is 10.8 Å². The van der Waals surface area contributed by atoms with E-state index in [-0.39, 0.29) is 17.0 Å². The molecule has 4 heterocycles. The number of halogens is 1. The van der Waals surface area contributed by atoms with Crippen LogP contribution in [0.5, 0.6) is 0 Å². The SMILES string of the molecule is C[C@H]1CN(C(=O)c2c[nH]c(=O)c(Cl)c2)Cc2nnc(C3CCOCC3)n21. The highest BCUT2D eigenvalue weighted by Crippen LogP contribution is 2.31. The summed E-state index contributed by atoms with van der Waals surface area (Å²) in [5.74, 6) is 1.95. The van der Waals surface area contributed by atoms with Crippen molar-refractivity contribution >= 4 is 17.5 Å². The van der Waals surface area contributed by atoms with Crippen molar-refractivity contribution in [2.24, 2.45) is 0 Å². The normalized spacial score (nSPS) is 20.8. The second kappa shape index (κ2) is 6.85. The highest BCUT2D eigenvalue weighted by Gasteiger charge is 2.32. The van der Waals surface area contributed by atoms with E-state index < -0.39 is 5.56 Å². The molecule has 0 radical (unpaired) electrons. The van der Waals surface area contributed by atoms with Crippen molar-refractivity contribution in [1.82, 2.24) is 24.6 Å². The monoisotopic (exact) mass is 377 g/mol. The molecule has 0 aromatic carbocycles. The van der Waals surface area contributed by atoms with Crippen LogP contribution in [0.4, 0.5) is 0 Å². The first-order valence-electron chi connectivity index (χ1n) is 8.73. The van der Waals surface area contributed by atoms with Gasteiger partial charge in [0.05, 0.1) is 18.2 Å². The zero-order valence-electron chi connectivity index (χ0n) is 14.4. The number of aromatic nitrogens is 4. The second-order valence-corrected chi connectivity index (χ2v) is 7.24. The number of amides is 1. The number of ether oxygens (including phenoxy) is 1. The number of rotatable bonds is 2. The Bertz CT molecular complexity index is 887. The largest absolute Gasteiger partial charge is 0.381 e. The Kier molecular flexibility index (Phi) is 4.54. The molecule has 2 aliphatic rings. The molecule has 2 aromatic heterocycles. The number of nitrogens with one attached hydrogen (secondary N) is 1. The Morgan fingerprint density at radius 1 is 1.35 bits per heavy atom. The first kappa shape index (κ1) is 17.2. The van der Waals surface area contributed by atoms with Crippen molar-refractivity contribution in [2.45, 2.75) is 38.3 Å². The van der Waals surface area contributed by atoms with Crippen molar-refractivity contribution in [3.63, 3.8) is 0 Å². The molecule has 2 aliphatic heterocycles. The summed E-state index contributed by atoms with van der Waals surface area (Å²) in [6.07, 6.45) is 3.29. The van der Waals surface area contributed by atoms with Crippen LogP contribution in [0, 0.1) is 0 Å². The molecular weight excluding hydrogens is 358 g/mol. The third kappa shape index (κ3) is 3.03. The summed E-state index contributed by atoms with van der Waals surface area (Å²) < 4.78 is 7.60. The lowest BCUT2D eigenvalue weighted by Gasteiger charge is -2.34. The lowest BCUT2D eigenvalue weighted by molar-refractivity contribution is 0.0668. The molecule has 0 bridgehead atoms. The third-order valence-electron chi connectivity index (χ3n) is 5.03. The molecule has 0 unspecified atom stereocenters. The van der Waals surface area contributed by atoms with Gasteiger partial charge < -0.3 is 19.2 Å². The summed E-state index contributed by atoms with van der Waals surface area (Å²) in [4.78, 5) is 28.4. The summed E-state index contributed by atoms with van der Waals surface area (Å²) in [7, 11) is 0. The van der Waals surface area contributed by atoms with Crippen LogP contribution in [0.15, 0.2) is 17.1 Å². The molecule has 1 fully saturated rings. The molecule has 8 nitrogen and oxygen atoms in total. The van der Waals surface area contributed by atoms with Gasteiger partial charge in [-0.3, -0.25) is 9.59 Å². The molecule has 0 spiro atoms. The van der Waals surface area contributed by atoms with Crippen LogP contribution in [0.3, 0.4) is 0 Å². The van der Waals surface area contributed by atoms with Gasteiger partial charge in [-0.15, -0.1) is 10.2 Å². The van der Waals surface area contributed by atoms with Gasteiger partial charge in [-0.2, -0.15) is 0 Å². The first-order chi connectivity index (χ1) is 12.5. The maximum Gasteiger partial charge on any atom is 0.266 e. The average Bonchev–Trinajstić information content (AvgIpc) is 3.09. The quantitative estimate of drug-likeness (QED) is 0.860. The van der Waals surface area contributed by atoms with Crippen LogP contribution in [0.1, 0.15) is 53.7 Å². The lowest BCUT2D eigenvalue weighted by atomic mass is 9.98. The Morgan fingerprint density at radius 3 is 2.85 bits per heavy atom. The average molecular weight is 378 g/mol. The Balaban J connectivity index is 1.58. The van der Waals surface area contributed by atoms with Gasteiger partial charge in [0, 0.05) is 31.9 Å². The molecule has 4 rings (SSSR count). The van der Waals surface area contributed by atoms with E-state index in [9.17, 15) is 9.59 Å². The Morgan fingerprint density at radius 2 is 2.12 bits per heavy atom. The molecule has 1 atom stereocenters. The number of hydrogen-bond donors (Lipinski definition) is 1. The molecule has 1 N–H and O–H groups in total. The highest BCUT2D eigenvalue weighted by molar-refractivity contribution is 6.30. The standard InChI is InChI=1S/C17H20ClN5O3/c1-10-8-22(17(25)12-6-13(18)16(24)19-7-12)9-14-20-21-15(23(10)14)11-2-4-26-5-3-11/h6-7,10-11H,2-5,8-9H2,1H3,(H,19,24)/t10-/m0/s1. The fraction of sp³-hybridized carbons (Fsp3) is 0.529. The lowest BCUT2D eigenvalue weighted by Crippen LogP contribution is -2.41. The molecule has 2 aromatic rings. The van der Waals surface area contributed by atoms with Crippen LogP contribution >= 0.6 is 11.6 Å². The predicted molar refractivity (Wildman–Crippen MR) is 94.3 cm³/mol. The summed E-state index contributed by atoms with van der Waals surface area (Å²) in [6.45, 7) is 4.50.